The number of ether oxygens (including phenoxy) is 1. The molecule has 2 fully saturated rings. The molecule has 0 aromatic heterocycles. The fourth-order valence-corrected chi connectivity index (χ4v) is 5.62. The number of benzene rings is 2. The Bertz CT molecular complexity index is 855. The first-order chi connectivity index (χ1) is 14.7. The lowest BCUT2D eigenvalue weighted by Gasteiger charge is -2.52. The average Bonchev–Trinajstić information content (AvgIpc) is 3.25. The van der Waals surface area contributed by atoms with Gasteiger partial charge in [-0.2, -0.15) is 0 Å². The minimum absolute atomic E-state index is 0.250. The molecule has 1 saturated heterocycles. The maximum atomic E-state index is 11.7. The number of likely N-dealkylation sites (tertiary alicyclic amines) is 1. The Kier molecular flexibility index (Phi) is 6.40. The number of hydrogen-bond donors (Lipinski definition) is 2. The molecule has 2 aliphatic heterocycles. The van der Waals surface area contributed by atoms with Crippen molar-refractivity contribution in [2.75, 3.05) is 13.2 Å². The van der Waals surface area contributed by atoms with Crippen LogP contribution in [0.1, 0.15) is 48.8 Å². The zero-order chi connectivity index (χ0) is 21.0. The molecule has 0 bridgehead atoms. The topological polar surface area (TPSA) is 70.0 Å². The van der Waals surface area contributed by atoms with Gasteiger partial charge in [0.05, 0.1) is 12.2 Å². The van der Waals surface area contributed by atoms with Gasteiger partial charge in [-0.3, -0.25) is 9.69 Å². The summed E-state index contributed by atoms with van der Waals surface area (Å²) in [6, 6.07) is 17.6. The van der Waals surface area contributed by atoms with E-state index in [2.05, 4.69) is 47.4 Å². The van der Waals surface area contributed by atoms with Gasteiger partial charge in [0.1, 0.15) is 5.75 Å². The van der Waals surface area contributed by atoms with Gasteiger partial charge in [-0.25, -0.2) is 0 Å². The Balaban J connectivity index is 0.000000687. The molecule has 2 heterocycles. The molecule has 2 N–H and O–H groups in total. The summed E-state index contributed by atoms with van der Waals surface area (Å²) in [5.41, 5.74) is 3.17. The summed E-state index contributed by atoms with van der Waals surface area (Å²) >= 11 is 0. The highest BCUT2D eigenvalue weighted by Gasteiger charge is 2.48. The average molecular weight is 410 g/mol. The third-order valence-electron chi connectivity index (χ3n) is 7.01. The van der Waals surface area contributed by atoms with Crippen molar-refractivity contribution in [3.8, 4) is 5.75 Å². The molecule has 0 radical (unpaired) electrons. The van der Waals surface area contributed by atoms with Gasteiger partial charge < -0.3 is 14.9 Å². The van der Waals surface area contributed by atoms with Gasteiger partial charge in [0, 0.05) is 31.5 Å². The minimum atomic E-state index is -0.672. The molecule has 5 nitrogen and oxygen atoms in total. The number of hydrogen-bond acceptors (Lipinski definition) is 4. The zero-order valence-electron chi connectivity index (χ0n) is 17.4. The van der Waals surface area contributed by atoms with Gasteiger partial charge in [-0.15, -0.1) is 0 Å². The predicted octanol–water partition coefficient (Wildman–Crippen LogP) is 3.97. The molecule has 160 valence electrons. The van der Waals surface area contributed by atoms with Crippen molar-refractivity contribution >= 4 is 6.47 Å². The van der Waals surface area contributed by atoms with Crippen LogP contribution in [0, 0.1) is 5.92 Å². The largest absolute Gasteiger partial charge is 0.493 e. The molecule has 30 heavy (non-hydrogen) atoms. The molecule has 5 heteroatoms. The first-order valence-corrected chi connectivity index (χ1v) is 11.0. The molecule has 1 aliphatic carbocycles. The molecule has 3 atom stereocenters. The summed E-state index contributed by atoms with van der Waals surface area (Å²) in [7, 11) is 0. The van der Waals surface area contributed by atoms with Crippen LogP contribution in [0.15, 0.2) is 48.5 Å². The molecule has 0 spiro atoms. The summed E-state index contributed by atoms with van der Waals surface area (Å²) in [6.07, 6.45) is 6.70. The predicted molar refractivity (Wildman–Crippen MR) is 115 cm³/mol. The second-order valence-electron chi connectivity index (χ2n) is 8.62. The fraction of sp³-hybridized carbons (Fsp3) is 0.480. The summed E-state index contributed by atoms with van der Waals surface area (Å²) in [5, 5.41) is 18.6. The van der Waals surface area contributed by atoms with Crippen molar-refractivity contribution in [3.63, 3.8) is 0 Å². The van der Waals surface area contributed by atoms with E-state index in [1.54, 1.807) is 0 Å². The molecule has 3 aliphatic rings. The third kappa shape index (κ3) is 4.09. The maximum absolute atomic E-state index is 11.7. The highest BCUT2D eigenvalue weighted by Crippen LogP contribution is 2.47. The molecular weight excluding hydrogens is 378 g/mol. The van der Waals surface area contributed by atoms with Gasteiger partial charge >= 0.3 is 0 Å². The molecule has 2 aromatic carbocycles. The van der Waals surface area contributed by atoms with Crippen LogP contribution < -0.4 is 4.74 Å². The number of carboxylic acid groups (broad SMARTS) is 1. The molecule has 0 unspecified atom stereocenters. The van der Waals surface area contributed by atoms with Crippen molar-refractivity contribution in [1.29, 1.82) is 0 Å². The van der Waals surface area contributed by atoms with Gasteiger partial charge in [0.2, 0.25) is 0 Å². The maximum Gasteiger partial charge on any atom is 0.290 e. The molecule has 5 rings (SSSR count). The Morgan fingerprint density at radius 2 is 1.90 bits per heavy atom. The number of nitrogens with zero attached hydrogens (tertiary/aromatic N) is 1. The van der Waals surface area contributed by atoms with Crippen molar-refractivity contribution in [2.45, 2.75) is 56.7 Å². The fourth-order valence-electron chi connectivity index (χ4n) is 5.62. The van der Waals surface area contributed by atoms with Crippen LogP contribution in [0.5, 0.6) is 5.75 Å². The van der Waals surface area contributed by atoms with Gasteiger partial charge in [0.15, 0.2) is 0 Å². The van der Waals surface area contributed by atoms with E-state index in [9.17, 15) is 5.11 Å². The Labute approximate surface area is 178 Å². The quantitative estimate of drug-likeness (QED) is 0.751. The van der Waals surface area contributed by atoms with Crippen LogP contribution in [0.4, 0.5) is 0 Å². The van der Waals surface area contributed by atoms with Gasteiger partial charge in [0.25, 0.3) is 6.47 Å². The van der Waals surface area contributed by atoms with E-state index in [0.29, 0.717) is 12.0 Å². The van der Waals surface area contributed by atoms with Crippen molar-refractivity contribution in [2.24, 2.45) is 5.92 Å². The van der Waals surface area contributed by atoms with E-state index in [-0.39, 0.29) is 6.47 Å². The standard InChI is InChI=1S/C24H29NO2.CH2O2/c26-24(20-6-2-1-3-7-20)13-14-25(22-9-5-4-8-21(22)24)17-18-10-11-23-19(16-18)12-15-27-23;2-1-3/h1-3,6-7,10-11,16,21-22,26H,4-5,8-9,12-15,17H2;1H,(H,2,3)/t21-,22+,24+;/m0./s1. The van der Waals surface area contributed by atoms with Crippen LogP contribution in [-0.4, -0.2) is 40.8 Å². The van der Waals surface area contributed by atoms with Crippen LogP contribution in [0.3, 0.4) is 0 Å². The van der Waals surface area contributed by atoms with Crippen LogP contribution in [0.25, 0.3) is 0 Å². The Morgan fingerprint density at radius 3 is 2.70 bits per heavy atom. The highest BCUT2D eigenvalue weighted by atomic mass is 16.5. The van der Waals surface area contributed by atoms with Crippen molar-refractivity contribution in [3.05, 3.63) is 65.2 Å². The van der Waals surface area contributed by atoms with Crippen molar-refractivity contribution in [1.82, 2.24) is 4.90 Å². The van der Waals surface area contributed by atoms with E-state index in [4.69, 9.17) is 14.6 Å². The summed E-state index contributed by atoms with van der Waals surface area (Å²) in [6.45, 7) is 2.51. The first kappa shape index (κ1) is 20.9. The number of rotatable bonds is 3. The normalized spacial score (nSPS) is 27.8. The molecule has 2 aromatic rings. The van der Waals surface area contributed by atoms with Crippen LogP contribution in [0.2, 0.25) is 0 Å². The second-order valence-corrected chi connectivity index (χ2v) is 8.62. The van der Waals surface area contributed by atoms with Crippen LogP contribution >= 0.6 is 0 Å². The van der Waals surface area contributed by atoms with E-state index in [1.165, 1.54) is 30.4 Å². The van der Waals surface area contributed by atoms with E-state index >= 15 is 0 Å². The lowest BCUT2D eigenvalue weighted by atomic mass is 9.66. The van der Waals surface area contributed by atoms with Gasteiger partial charge in [-0.05, 0) is 42.0 Å². The van der Waals surface area contributed by atoms with Crippen molar-refractivity contribution < 1.29 is 19.7 Å². The third-order valence-corrected chi connectivity index (χ3v) is 7.01. The number of aliphatic hydroxyl groups is 1. The first-order valence-electron chi connectivity index (χ1n) is 11.0. The van der Waals surface area contributed by atoms with E-state index in [0.717, 1.165) is 50.3 Å². The molecular formula is C25H31NO4. The number of fused-ring (bicyclic) bond motifs is 2. The summed E-state index contributed by atoms with van der Waals surface area (Å²) in [4.78, 5) is 11.0. The monoisotopic (exact) mass is 409 g/mol. The summed E-state index contributed by atoms with van der Waals surface area (Å²) < 4.78 is 5.66. The minimum Gasteiger partial charge on any atom is -0.493 e. The smallest absolute Gasteiger partial charge is 0.290 e. The number of piperidine rings is 1. The SMILES string of the molecule is O=CO.O[C@@]1(c2ccccc2)CCN(Cc2ccc3c(c2)CCO3)[C@@H]2CCCC[C@@H]21. The summed E-state index contributed by atoms with van der Waals surface area (Å²) in [5.74, 6) is 1.39. The molecule has 0 amide bonds. The van der Waals surface area contributed by atoms with Crippen LogP contribution in [-0.2, 0) is 23.4 Å². The van der Waals surface area contributed by atoms with Gasteiger partial charge in [-0.1, -0.05) is 55.3 Å². The lowest BCUT2D eigenvalue weighted by molar-refractivity contribution is -0.123. The number of carbonyl (C=O) groups is 1. The van der Waals surface area contributed by atoms with E-state index in [1.807, 2.05) is 6.07 Å². The Hall–Kier alpha value is -2.37. The Morgan fingerprint density at radius 1 is 1.13 bits per heavy atom. The lowest BCUT2D eigenvalue weighted by Crippen LogP contribution is -2.57. The highest BCUT2D eigenvalue weighted by molar-refractivity contribution is 5.40. The zero-order valence-corrected chi connectivity index (χ0v) is 17.4. The molecule has 1 saturated carbocycles. The second kappa shape index (κ2) is 9.19. The van der Waals surface area contributed by atoms with E-state index < -0.39 is 5.60 Å².